The summed E-state index contributed by atoms with van der Waals surface area (Å²) in [6.07, 6.45) is 2.37. The van der Waals surface area contributed by atoms with Gasteiger partial charge in [0, 0.05) is 29.9 Å². The van der Waals surface area contributed by atoms with E-state index in [2.05, 4.69) is 30.7 Å². The first-order valence-electron chi connectivity index (χ1n) is 8.90. The molecule has 3 N–H and O–H groups in total. The van der Waals surface area contributed by atoms with Crippen LogP contribution in [-0.4, -0.2) is 28.2 Å². The maximum Gasteiger partial charge on any atom is 0.239 e. The number of carbonyl (C=O) groups excluding carboxylic acids is 3. The molecule has 0 spiro atoms. The van der Waals surface area contributed by atoms with E-state index in [1.807, 2.05) is 6.92 Å². The van der Waals surface area contributed by atoms with Crippen molar-refractivity contribution in [1.29, 1.82) is 0 Å². The molecule has 0 saturated heterocycles. The Kier molecular flexibility index (Phi) is 5.40. The first kappa shape index (κ1) is 19.2. The second-order valence-electron chi connectivity index (χ2n) is 7.85. The van der Waals surface area contributed by atoms with E-state index in [0.29, 0.717) is 12.0 Å². The van der Waals surface area contributed by atoms with Gasteiger partial charge in [0.2, 0.25) is 11.8 Å². The minimum absolute atomic E-state index is 0.0691. The molecular weight excluding hydrogens is 318 g/mol. The maximum atomic E-state index is 12.8. The first-order chi connectivity index (χ1) is 11.6. The van der Waals surface area contributed by atoms with Crippen LogP contribution in [0.15, 0.2) is 0 Å². The Morgan fingerprint density at radius 2 is 1.96 bits per heavy atom. The smallest absolute Gasteiger partial charge is 0.239 e. The molecule has 2 amide bonds. The van der Waals surface area contributed by atoms with Gasteiger partial charge in [0.05, 0.1) is 6.42 Å². The van der Waals surface area contributed by atoms with Gasteiger partial charge in [-0.25, -0.2) is 0 Å². The summed E-state index contributed by atoms with van der Waals surface area (Å²) in [5.41, 5.74) is 8.66. The second kappa shape index (κ2) is 7.02. The van der Waals surface area contributed by atoms with Gasteiger partial charge in [-0.15, -0.1) is 0 Å². The molecule has 0 aromatic carbocycles. The third-order valence-electron chi connectivity index (χ3n) is 4.91. The van der Waals surface area contributed by atoms with Crippen molar-refractivity contribution in [2.75, 3.05) is 0 Å². The predicted octanol–water partition coefficient (Wildman–Crippen LogP) is 1.89. The van der Waals surface area contributed by atoms with E-state index in [9.17, 15) is 14.4 Å². The van der Waals surface area contributed by atoms with Crippen LogP contribution in [0.1, 0.15) is 67.8 Å². The van der Waals surface area contributed by atoms with Crippen molar-refractivity contribution in [3.05, 3.63) is 22.5 Å². The zero-order valence-electron chi connectivity index (χ0n) is 15.9. The molecule has 1 aliphatic carbocycles. The molecule has 138 valence electrons. The van der Waals surface area contributed by atoms with Gasteiger partial charge in [-0.05, 0) is 37.7 Å². The first-order valence-corrected chi connectivity index (χ1v) is 8.90. The van der Waals surface area contributed by atoms with Gasteiger partial charge in [0.25, 0.3) is 0 Å². The summed E-state index contributed by atoms with van der Waals surface area (Å²) in [4.78, 5) is 36.3. The molecule has 0 fully saturated rings. The van der Waals surface area contributed by atoms with Crippen molar-refractivity contribution in [2.45, 2.75) is 72.9 Å². The molecule has 6 nitrogen and oxygen atoms in total. The summed E-state index contributed by atoms with van der Waals surface area (Å²) in [6.45, 7) is 10.7. The molecule has 0 aliphatic heterocycles. The van der Waals surface area contributed by atoms with Crippen LogP contribution in [0.3, 0.4) is 0 Å². The molecule has 1 aromatic heterocycles. The van der Waals surface area contributed by atoms with Crippen molar-refractivity contribution in [3.63, 3.8) is 0 Å². The van der Waals surface area contributed by atoms with Crippen LogP contribution in [0.25, 0.3) is 0 Å². The number of aromatic nitrogens is 1. The number of nitrogens with zero attached hydrogens (tertiary/aromatic N) is 1. The molecule has 1 atom stereocenters. The maximum absolute atomic E-state index is 12.8. The zero-order valence-corrected chi connectivity index (χ0v) is 15.9. The Balaban J connectivity index is 2.41. The van der Waals surface area contributed by atoms with Crippen molar-refractivity contribution >= 4 is 17.6 Å². The summed E-state index contributed by atoms with van der Waals surface area (Å²) in [5.74, 6) is -0.757. The van der Waals surface area contributed by atoms with Gasteiger partial charge in [0.1, 0.15) is 6.04 Å². The van der Waals surface area contributed by atoms with E-state index in [-0.39, 0.29) is 23.5 Å². The lowest BCUT2D eigenvalue weighted by atomic mass is 9.75. The third kappa shape index (κ3) is 3.94. The van der Waals surface area contributed by atoms with Crippen molar-refractivity contribution < 1.29 is 14.4 Å². The van der Waals surface area contributed by atoms with E-state index in [1.165, 1.54) is 0 Å². The highest BCUT2D eigenvalue weighted by molar-refractivity contribution is 6.02. The van der Waals surface area contributed by atoms with Gasteiger partial charge in [-0.3, -0.25) is 14.4 Å². The van der Waals surface area contributed by atoms with E-state index in [0.717, 1.165) is 36.3 Å². The van der Waals surface area contributed by atoms with Crippen LogP contribution in [0.2, 0.25) is 0 Å². The minimum Gasteiger partial charge on any atom is -0.368 e. The highest BCUT2D eigenvalue weighted by atomic mass is 16.2. The Hall–Kier alpha value is -2.11. The van der Waals surface area contributed by atoms with Crippen LogP contribution in [0, 0.1) is 12.3 Å². The molecule has 0 saturated carbocycles. The topological polar surface area (TPSA) is 94.2 Å². The van der Waals surface area contributed by atoms with E-state index >= 15 is 0 Å². The fourth-order valence-electron chi connectivity index (χ4n) is 3.67. The molecule has 2 rings (SSSR count). The van der Waals surface area contributed by atoms with Crippen molar-refractivity contribution in [3.8, 4) is 0 Å². The number of hydrogen-bond acceptors (Lipinski definition) is 3. The molecule has 0 bridgehead atoms. The highest BCUT2D eigenvalue weighted by Crippen LogP contribution is 2.38. The Labute approximate surface area is 149 Å². The SMILES string of the molecule is CCCn1c(C)c(CC(=O)N[C@@H](C)C(N)=O)c2c1CC(C)(C)CC2=O. The van der Waals surface area contributed by atoms with Crippen LogP contribution >= 0.6 is 0 Å². The number of hydrogen-bond donors (Lipinski definition) is 2. The minimum atomic E-state index is -0.726. The number of ketones is 1. The van der Waals surface area contributed by atoms with Gasteiger partial charge in [0.15, 0.2) is 5.78 Å². The Morgan fingerprint density at radius 1 is 1.32 bits per heavy atom. The fraction of sp³-hybridized carbons (Fsp3) is 0.632. The number of primary amides is 1. The molecular formula is C19H29N3O3. The van der Waals surface area contributed by atoms with Gasteiger partial charge in [-0.1, -0.05) is 20.8 Å². The lowest BCUT2D eigenvalue weighted by molar-refractivity contribution is -0.126. The number of nitrogens with two attached hydrogens (primary N) is 1. The van der Waals surface area contributed by atoms with Crippen molar-refractivity contribution in [2.24, 2.45) is 11.1 Å². The number of Topliss-reactive ketones (excluding diaryl/α,β-unsaturated/α-hetero) is 1. The second-order valence-corrected chi connectivity index (χ2v) is 7.85. The molecule has 25 heavy (non-hydrogen) atoms. The molecule has 1 heterocycles. The standard InChI is InChI=1S/C19H29N3O3/c1-6-7-22-12(3)13(8-16(24)21-11(2)18(20)25)17-14(22)9-19(4,5)10-15(17)23/h11H,6-10H2,1-5H3,(H2,20,25)(H,21,24)/t11-/m0/s1. The summed E-state index contributed by atoms with van der Waals surface area (Å²) < 4.78 is 2.19. The quantitative estimate of drug-likeness (QED) is 0.823. The van der Waals surface area contributed by atoms with Gasteiger partial charge >= 0.3 is 0 Å². The van der Waals surface area contributed by atoms with E-state index in [1.54, 1.807) is 6.92 Å². The van der Waals surface area contributed by atoms with Crippen LogP contribution < -0.4 is 11.1 Å². The van der Waals surface area contributed by atoms with Crippen molar-refractivity contribution in [1.82, 2.24) is 9.88 Å². The summed E-state index contributed by atoms with van der Waals surface area (Å²) in [5, 5.41) is 2.60. The summed E-state index contributed by atoms with van der Waals surface area (Å²) in [6, 6.07) is -0.726. The zero-order chi connectivity index (χ0) is 18.9. The van der Waals surface area contributed by atoms with Gasteiger partial charge < -0.3 is 15.6 Å². The van der Waals surface area contributed by atoms with Crippen LogP contribution in [0.4, 0.5) is 0 Å². The Bertz CT molecular complexity index is 716. The molecule has 0 unspecified atom stereocenters. The highest BCUT2D eigenvalue weighted by Gasteiger charge is 2.36. The number of carbonyl (C=O) groups is 3. The van der Waals surface area contributed by atoms with Crippen LogP contribution in [-0.2, 0) is 29.0 Å². The summed E-state index contributed by atoms with van der Waals surface area (Å²) in [7, 11) is 0. The third-order valence-corrected chi connectivity index (χ3v) is 4.91. The molecule has 1 aliphatic rings. The average molecular weight is 347 g/mol. The largest absolute Gasteiger partial charge is 0.368 e. The summed E-state index contributed by atoms with van der Waals surface area (Å²) >= 11 is 0. The van der Waals surface area contributed by atoms with Crippen LogP contribution in [0.5, 0.6) is 0 Å². The lowest BCUT2D eigenvalue weighted by Crippen LogP contribution is -2.43. The normalized spacial score (nSPS) is 17.1. The fourth-order valence-corrected chi connectivity index (χ4v) is 3.67. The van der Waals surface area contributed by atoms with E-state index in [4.69, 9.17) is 5.73 Å². The number of fused-ring (bicyclic) bond motifs is 1. The number of rotatable bonds is 6. The van der Waals surface area contributed by atoms with E-state index < -0.39 is 11.9 Å². The molecule has 0 radical (unpaired) electrons. The monoisotopic (exact) mass is 347 g/mol. The average Bonchev–Trinajstić information content (AvgIpc) is 2.71. The lowest BCUT2D eigenvalue weighted by Gasteiger charge is -2.30. The number of nitrogens with one attached hydrogen (secondary N) is 1. The van der Waals surface area contributed by atoms with Gasteiger partial charge in [-0.2, -0.15) is 0 Å². The predicted molar refractivity (Wildman–Crippen MR) is 96.4 cm³/mol. The molecule has 6 heteroatoms. The number of amides is 2. The molecule has 1 aromatic rings. The Morgan fingerprint density at radius 3 is 2.52 bits per heavy atom.